The van der Waals surface area contributed by atoms with Crippen LogP contribution in [-0.2, 0) is 28.5 Å². The Labute approximate surface area is 95.8 Å². The molecule has 0 aliphatic heterocycles. The third-order valence-electron chi connectivity index (χ3n) is 1.78. The van der Waals surface area contributed by atoms with Gasteiger partial charge in [0.25, 0.3) is 0 Å². The van der Waals surface area contributed by atoms with Crippen LogP contribution in [0.25, 0.3) is 0 Å². The molecular weight excluding hydrogens is 216 g/mol. The van der Waals surface area contributed by atoms with Crippen molar-refractivity contribution >= 4 is 5.97 Å². The van der Waals surface area contributed by atoms with Gasteiger partial charge in [0, 0.05) is 14.2 Å². The number of rotatable bonds is 9. The molecule has 0 amide bonds. The summed E-state index contributed by atoms with van der Waals surface area (Å²) in [6.45, 7) is 3.72. The van der Waals surface area contributed by atoms with Gasteiger partial charge in [-0.15, -0.1) is 0 Å². The van der Waals surface area contributed by atoms with E-state index in [1.54, 1.807) is 13.8 Å². The molecule has 0 saturated heterocycles. The van der Waals surface area contributed by atoms with Gasteiger partial charge in [-0.2, -0.15) is 0 Å². The molecule has 1 unspecified atom stereocenters. The molecule has 0 radical (unpaired) electrons. The van der Waals surface area contributed by atoms with Crippen LogP contribution < -0.4 is 0 Å². The highest BCUT2D eigenvalue weighted by molar-refractivity contribution is 5.79. The van der Waals surface area contributed by atoms with Crippen molar-refractivity contribution in [2.45, 2.75) is 19.4 Å². The average Bonchev–Trinajstić information content (AvgIpc) is 2.27. The predicted molar refractivity (Wildman–Crippen MR) is 55.8 cm³/mol. The maximum Gasteiger partial charge on any atom is 0.340 e. The molecule has 0 heterocycles. The van der Waals surface area contributed by atoms with E-state index in [9.17, 15) is 4.79 Å². The van der Waals surface area contributed by atoms with Crippen molar-refractivity contribution in [3.05, 3.63) is 0 Å². The Bertz CT molecular complexity index is 196. The van der Waals surface area contributed by atoms with Gasteiger partial charge in [0.15, 0.2) is 5.60 Å². The molecule has 0 aromatic carbocycles. The fourth-order valence-corrected chi connectivity index (χ4v) is 0.952. The van der Waals surface area contributed by atoms with E-state index in [1.165, 1.54) is 14.2 Å². The van der Waals surface area contributed by atoms with Crippen LogP contribution in [-0.4, -0.2) is 52.6 Å². The van der Waals surface area contributed by atoms with Crippen molar-refractivity contribution in [3.63, 3.8) is 0 Å². The van der Waals surface area contributed by atoms with Gasteiger partial charge in [0.2, 0.25) is 0 Å². The molecule has 0 rings (SSSR count). The van der Waals surface area contributed by atoms with Gasteiger partial charge in [-0.1, -0.05) is 0 Å². The average molecular weight is 236 g/mol. The zero-order valence-corrected chi connectivity index (χ0v) is 10.3. The molecule has 0 aromatic rings. The third-order valence-corrected chi connectivity index (χ3v) is 1.78. The van der Waals surface area contributed by atoms with Gasteiger partial charge >= 0.3 is 5.97 Å². The number of ether oxygens (including phenoxy) is 5. The van der Waals surface area contributed by atoms with Crippen LogP contribution in [0, 0.1) is 0 Å². The fourth-order valence-electron chi connectivity index (χ4n) is 0.952. The summed E-state index contributed by atoms with van der Waals surface area (Å²) in [7, 11) is 2.97. The van der Waals surface area contributed by atoms with Gasteiger partial charge in [0.1, 0.15) is 13.6 Å². The van der Waals surface area contributed by atoms with Crippen LogP contribution in [0.15, 0.2) is 0 Å². The molecule has 1 atom stereocenters. The summed E-state index contributed by atoms with van der Waals surface area (Å²) in [6.07, 6.45) is 0. The topological polar surface area (TPSA) is 63.2 Å². The molecule has 0 saturated carbocycles. The predicted octanol–water partition coefficient (Wildman–Crippen LogP) is 0.549. The quantitative estimate of drug-likeness (QED) is 0.331. The molecule has 0 fully saturated rings. The van der Waals surface area contributed by atoms with Crippen LogP contribution >= 0.6 is 0 Å². The molecule has 0 N–H and O–H groups in total. The summed E-state index contributed by atoms with van der Waals surface area (Å²) >= 11 is 0. The minimum Gasteiger partial charge on any atom is -0.464 e. The van der Waals surface area contributed by atoms with E-state index in [1.807, 2.05) is 0 Å². The molecule has 6 nitrogen and oxygen atoms in total. The lowest BCUT2D eigenvalue weighted by molar-refractivity contribution is -0.199. The Morgan fingerprint density at radius 1 is 1.19 bits per heavy atom. The first-order chi connectivity index (χ1) is 7.60. The van der Waals surface area contributed by atoms with E-state index in [0.29, 0.717) is 0 Å². The highest BCUT2D eigenvalue weighted by atomic mass is 16.7. The Balaban J connectivity index is 4.28. The van der Waals surface area contributed by atoms with Crippen LogP contribution in [0.5, 0.6) is 0 Å². The summed E-state index contributed by atoms with van der Waals surface area (Å²) in [5.41, 5.74) is -1.18. The highest BCUT2D eigenvalue weighted by Gasteiger charge is 2.36. The number of hydrogen-bond donors (Lipinski definition) is 0. The van der Waals surface area contributed by atoms with Crippen LogP contribution in [0.2, 0.25) is 0 Å². The third kappa shape index (κ3) is 5.41. The van der Waals surface area contributed by atoms with Crippen molar-refractivity contribution in [1.82, 2.24) is 0 Å². The second-order valence-electron chi connectivity index (χ2n) is 3.26. The highest BCUT2D eigenvalue weighted by Crippen LogP contribution is 2.13. The number of hydrogen-bond acceptors (Lipinski definition) is 6. The van der Waals surface area contributed by atoms with Crippen LogP contribution in [0.1, 0.15) is 13.8 Å². The Morgan fingerprint density at radius 2 is 1.81 bits per heavy atom. The van der Waals surface area contributed by atoms with Gasteiger partial charge < -0.3 is 23.7 Å². The fraction of sp³-hybridized carbons (Fsp3) is 0.900. The maximum atomic E-state index is 11.6. The Morgan fingerprint density at radius 3 is 2.31 bits per heavy atom. The monoisotopic (exact) mass is 236 g/mol. The van der Waals surface area contributed by atoms with Crippen molar-refractivity contribution in [2.75, 3.05) is 41.0 Å². The van der Waals surface area contributed by atoms with E-state index in [0.717, 1.165) is 0 Å². The zero-order valence-electron chi connectivity index (χ0n) is 10.3. The largest absolute Gasteiger partial charge is 0.464 e. The molecular formula is C10H20O6. The molecule has 6 heteroatoms. The first-order valence-corrected chi connectivity index (χ1v) is 4.97. The standard InChI is InChI=1S/C10H20O6/c1-5-15-9(11)10(2,16-8-13-4)6-14-7-12-3/h5-8H2,1-4H3. The smallest absolute Gasteiger partial charge is 0.340 e. The Kier molecular flexibility index (Phi) is 8.10. The summed E-state index contributed by atoms with van der Waals surface area (Å²) < 4.78 is 24.7. The van der Waals surface area contributed by atoms with E-state index in [2.05, 4.69) is 0 Å². The second-order valence-corrected chi connectivity index (χ2v) is 3.26. The minimum atomic E-state index is -1.18. The first kappa shape index (κ1) is 15.3. The van der Waals surface area contributed by atoms with Gasteiger partial charge in [-0.05, 0) is 13.8 Å². The van der Waals surface area contributed by atoms with E-state index in [-0.39, 0.29) is 26.8 Å². The summed E-state index contributed by atoms with van der Waals surface area (Å²) in [6, 6.07) is 0. The molecule has 0 spiro atoms. The molecule has 96 valence electrons. The summed E-state index contributed by atoms with van der Waals surface area (Å²) in [5.74, 6) is -0.483. The van der Waals surface area contributed by atoms with E-state index in [4.69, 9.17) is 23.7 Å². The van der Waals surface area contributed by atoms with Crippen molar-refractivity contribution in [1.29, 1.82) is 0 Å². The van der Waals surface area contributed by atoms with E-state index < -0.39 is 11.6 Å². The number of esters is 1. The molecule has 16 heavy (non-hydrogen) atoms. The van der Waals surface area contributed by atoms with E-state index >= 15 is 0 Å². The molecule has 0 aromatic heterocycles. The lowest BCUT2D eigenvalue weighted by Gasteiger charge is -2.26. The SMILES string of the molecule is CCOC(=O)C(C)(COCOC)OCOC. The van der Waals surface area contributed by atoms with Crippen molar-refractivity contribution < 1.29 is 28.5 Å². The minimum absolute atomic E-state index is 0.00828. The lowest BCUT2D eigenvalue weighted by Crippen LogP contribution is -2.45. The molecule has 0 aliphatic carbocycles. The second kappa shape index (κ2) is 8.46. The maximum absolute atomic E-state index is 11.6. The van der Waals surface area contributed by atoms with Gasteiger partial charge in [-0.25, -0.2) is 4.79 Å². The van der Waals surface area contributed by atoms with Crippen molar-refractivity contribution in [2.24, 2.45) is 0 Å². The Hall–Kier alpha value is -0.690. The number of carbonyl (C=O) groups is 1. The first-order valence-electron chi connectivity index (χ1n) is 4.97. The number of methoxy groups -OCH3 is 2. The van der Waals surface area contributed by atoms with Gasteiger partial charge in [0.05, 0.1) is 13.2 Å². The lowest BCUT2D eigenvalue weighted by atomic mass is 10.1. The summed E-state index contributed by atoms with van der Waals surface area (Å²) in [4.78, 5) is 11.6. The molecule has 0 bridgehead atoms. The van der Waals surface area contributed by atoms with Crippen molar-refractivity contribution in [3.8, 4) is 0 Å². The zero-order chi connectivity index (χ0) is 12.4. The normalized spacial score (nSPS) is 14.5. The molecule has 0 aliphatic rings. The van der Waals surface area contributed by atoms with Crippen LogP contribution in [0.3, 0.4) is 0 Å². The number of carbonyl (C=O) groups excluding carboxylic acids is 1. The van der Waals surface area contributed by atoms with Crippen LogP contribution in [0.4, 0.5) is 0 Å². The summed E-state index contributed by atoms with van der Waals surface area (Å²) in [5, 5.41) is 0. The van der Waals surface area contributed by atoms with Gasteiger partial charge in [-0.3, -0.25) is 0 Å².